The molecule has 0 aliphatic heterocycles. The number of nitrogens with zero attached hydrogens (tertiary/aromatic N) is 2. The van der Waals surface area contributed by atoms with Gasteiger partial charge in [-0.05, 0) is 18.7 Å². The van der Waals surface area contributed by atoms with Crippen molar-refractivity contribution in [1.29, 1.82) is 0 Å². The molecule has 0 saturated heterocycles. The zero-order valence-corrected chi connectivity index (χ0v) is 7.15. The fraction of sp³-hybridized carbons (Fsp3) is 0.833. The van der Waals surface area contributed by atoms with Crippen LogP contribution in [0.2, 0.25) is 0 Å². The van der Waals surface area contributed by atoms with Crippen molar-refractivity contribution in [2.75, 3.05) is 19.8 Å². The number of carbonyl (C=O) groups excluding carboxylic acids is 1. The molecule has 0 fully saturated rings. The molecule has 70 valence electrons. The molecule has 0 atom stereocenters. The van der Waals surface area contributed by atoms with Crippen LogP contribution in [0.25, 0.3) is 0 Å². The summed E-state index contributed by atoms with van der Waals surface area (Å²) in [5.41, 5.74) is 0. The smallest absolute Gasteiger partial charge is 0.376 e. The molecule has 0 aliphatic carbocycles. The van der Waals surface area contributed by atoms with Gasteiger partial charge in [-0.15, -0.1) is 0 Å². The molecule has 0 rings (SSSR count). The Bertz CT molecular complexity index is 169. The van der Waals surface area contributed by atoms with Crippen LogP contribution in [0.5, 0.6) is 0 Å². The van der Waals surface area contributed by atoms with Crippen LogP contribution in [0.3, 0.4) is 0 Å². The third-order valence-corrected chi connectivity index (χ3v) is 0.848. The van der Waals surface area contributed by atoms with Crippen LogP contribution in [0.1, 0.15) is 13.8 Å². The fourth-order valence-electron chi connectivity index (χ4n) is 0.468. The van der Waals surface area contributed by atoms with Crippen molar-refractivity contribution in [3.63, 3.8) is 0 Å². The summed E-state index contributed by atoms with van der Waals surface area (Å²) in [7, 11) is 0. The van der Waals surface area contributed by atoms with E-state index >= 15 is 0 Å². The van der Waals surface area contributed by atoms with Crippen molar-refractivity contribution in [2.24, 2.45) is 5.28 Å². The van der Waals surface area contributed by atoms with Crippen molar-refractivity contribution in [3.05, 3.63) is 5.21 Å². The largest absolute Gasteiger partial charge is 0.597 e. The molecule has 0 N–H and O–H groups in total. The highest BCUT2D eigenvalue weighted by Crippen LogP contribution is 1.83. The lowest BCUT2D eigenvalue weighted by atomic mass is 10.7. The summed E-state index contributed by atoms with van der Waals surface area (Å²) in [6, 6.07) is 0. The monoisotopic (exact) mass is 176 g/mol. The first-order chi connectivity index (χ1) is 5.70. The number of hydrogen-bond donors (Lipinski definition) is 0. The molecule has 0 unspecified atom stereocenters. The minimum Gasteiger partial charge on any atom is -0.597 e. The molecule has 0 amide bonds. The second kappa shape index (κ2) is 6.38. The second-order valence-electron chi connectivity index (χ2n) is 1.81. The lowest BCUT2D eigenvalue weighted by molar-refractivity contribution is -0.549. The molecule has 0 aromatic carbocycles. The van der Waals surface area contributed by atoms with E-state index in [4.69, 9.17) is 0 Å². The Morgan fingerprint density at radius 2 is 2.17 bits per heavy atom. The Hall–Kier alpha value is -1.33. The summed E-state index contributed by atoms with van der Waals surface area (Å²) in [6.45, 7) is 3.45. The van der Waals surface area contributed by atoms with E-state index in [0.29, 0.717) is 6.61 Å². The van der Waals surface area contributed by atoms with Gasteiger partial charge in [0.15, 0.2) is 5.28 Å². The maximum absolute atomic E-state index is 10.6. The summed E-state index contributed by atoms with van der Waals surface area (Å²) in [6.07, 6.45) is 0. The van der Waals surface area contributed by atoms with Crippen LogP contribution in [0, 0.1) is 5.21 Å². The average Bonchev–Trinajstić information content (AvgIpc) is 2.01. The Morgan fingerprint density at radius 3 is 2.67 bits per heavy atom. The predicted molar refractivity (Wildman–Crippen MR) is 39.2 cm³/mol. The predicted octanol–water partition coefficient (Wildman–Crippen LogP) is 0.463. The maximum Gasteiger partial charge on any atom is 0.376 e. The van der Waals surface area contributed by atoms with E-state index in [-0.39, 0.29) is 11.5 Å². The molecule has 0 saturated carbocycles. The Kier molecular flexibility index (Phi) is 5.68. The van der Waals surface area contributed by atoms with Gasteiger partial charge < -0.3 is 14.8 Å². The van der Waals surface area contributed by atoms with Crippen LogP contribution in [-0.2, 0) is 14.4 Å². The van der Waals surface area contributed by atoms with Crippen molar-refractivity contribution >= 4 is 5.97 Å². The molecule has 0 bridgehead atoms. The quantitative estimate of drug-likeness (QED) is 0.264. The van der Waals surface area contributed by atoms with Gasteiger partial charge in [-0.1, -0.05) is 0 Å². The lowest BCUT2D eigenvalue weighted by Gasteiger charge is -1.99. The van der Waals surface area contributed by atoms with Gasteiger partial charge in [-0.2, -0.15) is 0 Å². The van der Waals surface area contributed by atoms with E-state index in [1.165, 1.54) is 0 Å². The third-order valence-electron chi connectivity index (χ3n) is 0.848. The van der Waals surface area contributed by atoms with Crippen molar-refractivity contribution < 1.29 is 19.2 Å². The first-order valence-electron chi connectivity index (χ1n) is 3.63. The first kappa shape index (κ1) is 10.7. The van der Waals surface area contributed by atoms with E-state index in [1.807, 2.05) is 0 Å². The van der Waals surface area contributed by atoms with Crippen molar-refractivity contribution in [2.45, 2.75) is 13.8 Å². The van der Waals surface area contributed by atoms with Gasteiger partial charge in [0.05, 0.1) is 6.61 Å². The van der Waals surface area contributed by atoms with Crippen LogP contribution in [0.4, 0.5) is 0 Å². The number of ether oxygens (including phenoxy) is 1. The van der Waals surface area contributed by atoms with E-state index in [0.717, 1.165) is 0 Å². The molecule has 6 nitrogen and oxygen atoms in total. The van der Waals surface area contributed by atoms with Gasteiger partial charge in [0.2, 0.25) is 0 Å². The summed E-state index contributed by atoms with van der Waals surface area (Å²) >= 11 is 0. The van der Waals surface area contributed by atoms with Crippen LogP contribution < -0.4 is 0 Å². The lowest BCUT2D eigenvalue weighted by Crippen LogP contribution is -2.17. The summed E-state index contributed by atoms with van der Waals surface area (Å²) in [4.78, 5) is 15.2. The topological polar surface area (TPSA) is 74.0 Å². The van der Waals surface area contributed by atoms with Gasteiger partial charge in [-0.3, -0.25) is 0 Å². The summed E-state index contributed by atoms with van der Waals surface area (Å²) in [5, 5.41) is 13.7. The molecule has 0 heterocycles. The van der Waals surface area contributed by atoms with Crippen molar-refractivity contribution in [3.8, 4) is 0 Å². The van der Waals surface area contributed by atoms with Crippen LogP contribution in [0.15, 0.2) is 5.28 Å². The third kappa shape index (κ3) is 5.45. The number of hydrogen-bond acceptors (Lipinski definition) is 5. The van der Waals surface area contributed by atoms with Crippen LogP contribution in [-0.4, -0.2) is 30.6 Å². The Balaban J connectivity index is 3.67. The molecule has 0 aliphatic rings. The highest BCUT2D eigenvalue weighted by Gasteiger charge is 2.08. The number of rotatable bonds is 5. The van der Waals surface area contributed by atoms with E-state index in [2.05, 4.69) is 14.9 Å². The van der Waals surface area contributed by atoms with Gasteiger partial charge in [0.25, 0.3) is 6.54 Å². The van der Waals surface area contributed by atoms with Gasteiger partial charge in [0, 0.05) is 0 Å². The summed E-state index contributed by atoms with van der Waals surface area (Å²) in [5.74, 6) is -0.615. The fourth-order valence-corrected chi connectivity index (χ4v) is 0.468. The number of carbonyl (C=O) groups is 1. The van der Waals surface area contributed by atoms with E-state index in [1.54, 1.807) is 13.8 Å². The molecule has 6 heteroatoms. The SMILES string of the molecule is CCO/N=[N+](\[O-])CC(=O)OCC. The zero-order valence-electron chi connectivity index (χ0n) is 7.15. The first-order valence-corrected chi connectivity index (χ1v) is 3.63. The highest BCUT2D eigenvalue weighted by atomic mass is 16.7. The normalized spacial score (nSPS) is 11.0. The maximum atomic E-state index is 10.6. The Morgan fingerprint density at radius 1 is 1.50 bits per heavy atom. The standard InChI is InChI=1S/C6H12N2O4/c1-3-11-6(9)5-8(10)7-12-4-2/h3-5H2,1-2H3/b8-7-. The van der Waals surface area contributed by atoms with E-state index in [9.17, 15) is 10.0 Å². The van der Waals surface area contributed by atoms with Gasteiger partial charge in [0.1, 0.15) is 6.61 Å². The molecule has 12 heavy (non-hydrogen) atoms. The number of hydroxylamine groups is 1. The molecule has 0 radical (unpaired) electrons. The van der Waals surface area contributed by atoms with Crippen LogP contribution >= 0.6 is 0 Å². The minimum absolute atomic E-state index is 0.140. The average molecular weight is 176 g/mol. The molecular weight excluding hydrogens is 164 g/mol. The highest BCUT2D eigenvalue weighted by molar-refractivity contribution is 5.70. The Labute approximate surface area is 70.3 Å². The number of esters is 1. The van der Waals surface area contributed by atoms with Gasteiger partial charge >= 0.3 is 5.97 Å². The zero-order chi connectivity index (χ0) is 9.40. The molecule has 0 spiro atoms. The summed E-state index contributed by atoms with van der Waals surface area (Å²) < 4.78 is 4.50. The molecule has 0 aromatic heterocycles. The van der Waals surface area contributed by atoms with Crippen molar-refractivity contribution in [1.82, 2.24) is 0 Å². The minimum atomic E-state index is -0.615. The molecule has 0 aromatic rings. The van der Waals surface area contributed by atoms with E-state index < -0.39 is 12.5 Å². The second-order valence-corrected chi connectivity index (χ2v) is 1.81. The van der Waals surface area contributed by atoms with Gasteiger partial charge in [-0.25, -0.2) is 4.79 Å². The molecular formula is C6H12N2O4.